The Bertz CT molecular complexity index is 690. The molecular formula is C16H22O6S. The molecule has 0 spiro atoms. The molecule has 0 heterocycles. The van der Waals surface area contributed by atoms with E-state index in [4.69, 9.17) is 8.92 Å². The van der Waals surface area contributed by atoms with Gasteiger partial charge in [0.2, 0.25) is 0 Å². The van der Waals surface area contributed by atoms with Crippen molar-refractivity contribution in [2.75, 3.05) is 7.11 Å². The van der Waals surface area contributed by atoms with E-state index in [9.17, 15) is 13.2 Å². The van der Waals surface area contributed by atoms with Gasteiger partial charge >= 0.3 is 16.4 Å². The second-order valence-corrected chi connectivity index (χ2v) is 6.90. The molecule has 1 unspecified atom stereocenters. The van der Waals surface area contributed by atoms with Gasteiger partial charge in [-0.2, -0.15) is 8.42 Å². The van der Waals surface area contributed by atoms with Crippen LogP contribution in [0.15, 0.2) is 36.4 Å². The van der Waals surface area contributed by atoms with E-state index in [1.54, 1.807) is 52.0 Å². The van der Waals surface area contributed by atoms with Crippen LogP contribution in [-0.2, 0) is 33.9 Å². The summed E-state index contributed by atoms with van der Waals surface area (Å²) in [7, 11) is -3.10. The third-order valence-electron chi connectivity index (χ3n) is 3.19. The highest BCUT2D eigenvalue weighted by atomic mass is 32.3. The third-order valence-corrected chi connectivity index (χ3v) is 4.22. The fourth-order valence-electron chi connectivity index (χ4n) is 2.06. The van der Waals surface area contributed by atoms with Crippen LogP contribution in [0.2, 0.25) is 0 Å². The van der Waals surface area contributed by atoms with Crippen LogP contribution < -0.4 is 0 Å². The first-order valence-corrected chi connectivity index (χ1v) is 8.30. The standard InChI is InChI=1S/C16H22O6S/c1-11(2)15(17)21-12(3)13-9-7-8-10-14(13)16(4,5)22-23(18,19)20-6/h7-10,12H,1H2,2-6H3. The molecule has 0 saturated carbocycles. The maximum absolute atomic E-state index is 11.7. The lowest BCUT2D eigenvalue weighted by atomic mass is 9.91. The predicted octanol–water partition coefficient (Wildman–Crippen LogP) is 3.01. The maximum Gasteiger partial charge on any atom is 0.400 e. The number of carbonyl (C=O) groups is 1. The molecule has 0 bridgehead atoms. The number of carbonyl (C=O) groups excluding carboxylic acids is 1. The minimum Gasteiger partial charge on any atom is -0.454 e. The molecule has 0 N–H and O–H groups in total. The van der Waals surface area contributed by atoms with E-state index in [0.717, 1.165) is 7.11 Å². The van der Waals surface area contributed by atoms with Crippen molar-refractivity contribution in [1.82, 2.24) is 0 Å². The molecule has 0 fully saturated rings. The van der Waals surface area contributed by atoms with Crippen LogP contribution in [0.5, 0.6) is 0 Å². The highest BCUT2D eigenvalue weighted by Gasteiger charge is 2.32. The van der Waals surface area contributed by atoms with Crippen molar-refractivity contribution in [3.63, 3.8) is 0 Å². The molecule has 0 aliphatic rings. The highest BCUT2D eigenvalue weighted by Crippen LogP contribution is 2.34. The molecule has 6 nitrogen and oxygen atoms in total. The lowest BCUT2D eigenvalue weighted by Crippen LogP contribution is -2.28. The summed E-state index contributed by atoms with van der Waals surface area (Å²) in [5.74, 6) is -0.518. The smallest absolute Gasteiger partial charge is 0.400 e. The van der Waals surface area contributed by atoms with E-state index in [0.29, 0.717) is 11.1 Å². The summed E-state index contributed by atoms with van der Waals surface area (Å²) in [6.45, 7) is 9.97. The van der Waals surface area contributed by atoms with Gasteiger partial charge in [0.25, 0.3) is 0 Å². The average molecular weight is 342 g/mol. The summed E-state index contributed by atoms with van der Waals surface area (Å²) in [5.41, 5.74) is 0.294. The van der Waals surface area contributed by atoms with Crippen molar-refractivity contribution >= 4 is 16.4 Å². The second-order valence-electron chi connectivity index (χ2n) is 5.58. The fraction of sp³-hybridized carbons (Fsp3) is 0.438. The second kappa shape index (κ2) is 7.25. The molecule has 1 rings (SSSR count). The van der Waals surface area contributed by atoms with Crippen LogP contribution in [0.4, 0.5) is 0 Å². The molecular weight excluding hydrogens is 320 g/mol. The summed E-state index contributed by atoms with van der Waals surface area (Å²) in [5, 5.41) is 0. The van der Waals surface area contributed by atoms with Gasteiger partial charge < -0.3 is 4.74 Å². The molecule has 0 aliphatic carbocycles. The van der Waals surface area contributed by atoms with Gasteiger partial charge in [-0.1, -0.05) is 30.8 Å². The fourth-order valence-corrected chi connectivity index (χ4v) is 2.73. The van der Waals surface area contributed by atoms with Gasteiger partial charge in [0.15, 0.2) is 0 Å². The van der Waals surface area contributed by atoms with Crippen LogP contribution in [0, 0.1) is 0 Å². The molecule has 0 saturated heterocycles. The molecule has 1 aromatic carbocycles. The van der Waals surface area contributed by atoms with Crippen molar-refractivity contribution in [1.29, 1.82) is 0 Å². The first-order chi connectivity index (χ1) is 10.5. The number of benzene rings is 1. The van der Waals surface area contributed by atoms with Crippen LogP contribution in [0.3, 0.4) is 0 Å². The zero-order valence-electron chi connectivity index (χ0n) is 14.0. The van der Waals surface area contributed by atoms with Crippen molar-refractivity contribution in [3.8, 4) is 0 Å². The van der Waals surface area contributed by atoms with Gasteiger partial charge in [-0.15, -0.1) is 0 Å². The Balaban J connectivity index is 3.19. The van der Waals surface area contributed by atoms with Gasteiger partial charge in [0.1, 0.15) is 11.7 Å². The average Bonchev–Trinajstić information content (AvgIpc) is 2.46. The minimum absolute atomic E-state index is 0.284. The van der Waals surface area contributed by atoms with Gasteiger partial charge in [-0.3, -0.25) is 4.18 Å². The Morgan fingerprint density at radius 2 is 1.83 bits per heavy atom. The van der Waals surface area contributed by atoms with Crippen LogP contribution in [0.1, 0.15) is 44.9 Å². The van der Waals surface area contributed by atoms with Crippen molar-refractivity contribution in [2.24, 2.45) is 0 Å². The molecule has 7 heteroatoms. The molecule has 23 heavy (non-hydrogen) atoms. The highest BCUT2D eigenvalue weighted by molar-refractivity contribution is 7.81. The summed E-state index contributed by atoms with van der Waals surface area (Å²) < 4.78 is 37.9. The van der Waals surface area contributed by atoms with Crippen molar-refractivity contribution < 1.29 is 26.3 Å². The summed E-state index contributed by atoms with van der Waals surface area (Å²) in [6.07, 6.45) is -0.594. The number of hydrogen-bond acceptors (Lipinski definition) is 6. The monoisotopic (exact) mass is 342 g/mol. The third kappa shape index (κ3) is 5.16. The number of esters is 1. The van der Waals surface area contributed by atoms with E-state index in [2.05, 4.69) is 10.8 Å². The Hall–Kier alpha value is -1.70. The largest absolute Gasteiger partial charge is 0.454 e. The van der Waals surface area contributed by atoms with Gasteiger partial charge in [-0.25, -0.2) is 8.98 Å². The summed E-state index contributed by atoms with van der Waals surface area (Å²) in [4.78, 5) is 11.7. The van der Waals surface area contributed by atoms with E-state index in [1.807, 2.05) is 0 Å². The quantitative estimate of drug-likeness (QED) is 0.560. The molecule has 0 amide bonds. The molecule has 1 atom stereocenters. The SMILES string of the molecule is C=C(C)C(=O)OC(C)c1ccccc1C(C)(C)OS(=O)(=O)OC. The van der Waals surface area contributed by atoms with E-state index >= 15 is 0 Å². The summed E-state index contributed by atoms with van der Waals surface area (Å²) in [6, 6.07) is 6.98. The van der Waals surface area contributed by atoms with Crippen LogP contribution >= 0.6 is 0 Å². The van der Waals surface area contributed by atoms with Gasteiger partial charge in [0.05, 0.1) is 7.11 Å². The van der Waals surface area contributed by atoms with Crippen LogP contribution in [-0.4, -0.2) is 21.5 Å². The lowest BCUT2D eigenvalue weighted by Gasteiger charge is -2.28. The molecule has 0 radical (unpaired) electrons. The Morgan fingerprint density at radius 1 is 1.26 bits per heavy atom. The normalized spacial score (nSPS) is 13.4. The van der Waals surface area contributed by atoms with Crippen molar-refractivity contribution in [3.05, 3.63) is 47.5 Å². The zero-order valence-corrected chi connectivity index (χ0v) is 14.8. The maximum atomic E-state index is 11.7. The Labute approximate surface area is 137 Å². The molecule has 0 aromatic heterocycles. The predicted molar refractivity (Wildman–Crippen MR) is 85.8 cm³/mol. The number of ether oxygens (including phenoxy) is 1. The molecule has 1 aromatic rings. The van der Waals surface area contributed by atoms with E-state index in [1.165, 1.54) is 0 Å². The van der Waals surface area contributed by atoms with Crippen LogP contribution in [0.25, 0.3) is 0 Å². The first-order valence-electron chi connectivity index (χ1n) is 6.97. The van der Waals surface area contributed by atoms with Gasteiger partial charge in [0, 0.05) is 5.57 Å². The topological polar surface area (TPSA) is 78.9 Å². The summed E-state index contributed by atoms with van der Waals surface area (Å²) >= 11 is 0. The Morgan fingerprint density at radius 3 is 2.35 bits per heavy atom. The van der Waals surface area contributed by atoms with Crippen molar-refractivity contribution in [2.45, 2.75) is 39.4 Å². The van der Waals surface area contributed by atoms with E-state index in [-0.39, 0.29) is 5.57 Å². The lowest BCUT2D eigenvalue weighted by molar-refractivity contribution is -0.143. The van der Waals surface area contributed by atoms with Gasteiger partial charge in [-0.05, 0) is 38.8 Å². The number of rotatable bonds is 7. The molecule has 0 aliphatic heterocycles. The molecule has 128 valence electrons. The zero-order chi connectivity index (χ0) is 17.8. The minimum atomic E-state index is -4.13. The first kappa shape index (κ1) is 19.3. The number of hydrogen-bond donors (Lipinski definition) is 0. The Kier molecular flexibility index (Phi) is 6.10. The van der Waals surface area contributed by atoms with E-state index < -0.39 is 28.1 Å².